The smallest absolute Gasteiger partial charge is 0.308 e. The van der Waals surface area contributed by atoms with Crippen molar-refractivity contribution in [2.75, 3.05) is 131 Å². The standard InChI is InChI=1S/C28H34N6O8.C22H44N12O6.C4H13N3.CH4.2ClH/c1-20(35)32-24(17-26(37)42-19-22-10-6-3-7-11-22)28(39)33-23(27(38)30-12-14-40-15-13-31-34-29)16-25(36)41-18-21-8-4-2-5-9-21;1-16(35)32-18(15-20(37)29-9-7-27-5-3-24)22(39)33-17(14-19(36)28-8-6-26-4-2-23)21(38)30-10-12-40-13-11-31-34-25;5-1-3-7-4-2-6;;;/h2-11,23-24H,12-19H2,1H3,(H,30,38)(H,32,35)(H,33,39);17-18,26-27H,2-15,23-24H2,1H3,(H,28,36)(H,29,37)(H,30,38)(H,32,35)(H,33,39);7H,1-6H2;1H4;2*1H/t23-,24+;17-,18+;;;;/m00..../s1. The van der Waals surface area contributed by atoms with Gasteiger partial charge in [0.1, 0.15) is 37.4 Å². The number of rotatable bonds is 46. The number of nitrogens with zero attached hydrogens (tertiary/aromatic N) is 6. The van der Waals surface area contributed by atoms with Crippen LogP contribution in [0.4, 0.5) is 0 Å². The highest BCUT2D eigenvalue weighted by atomic mass is 35.5. The van der Waals surface area contributed by atoms with Gasteiger partial charge in [0, 0.05) is 115 Å². The summed E-state index contributed by atoms with van der Waals surface area (Å²) in [6.07, 6.45) is -1.77. The molecule has 0 aromatic heterocycles. The van der Waals surface area contributed by atoms with E-state index in [-0.39, 0.29) is 111 Å². The van der Waals surface area contributed by atoms with Gasteiger partial charge in [-0.05, 0) is 22.2 Å². The molecule has 21 N–H and O–H groups in total. The zero-order valence-corrected chi connectivity index (χ0v) is 53.2. The third-order valence-corrected chi connectivity index (χ3v) is 11.1. The molecule has 520 valence electrons. The molecule has 2 aromatic carbocycles. The molecule has 0 fully saturated rings. The fraction of sp³-hybridized carbons (Fsp3) is 0.600. The predicted molar refractivity (Wildman–Crippen MR) is 331 cm³/mol. The number of hydrogen-bond acceptors (Lipinski definition) is 21. The number of azide groups is 2. The van der Waals surface area contributed by atoms with Crippen molar-refractivity contribution in [3.8, 4) is 0 Å². The minimum Gasteiger partial charge on any atom is -1.00 e. The summed E-state index contributed by atoms with van der Waals surface area (Å²) in [6, 6.07) is 12.5. The average Bonchev–Trinajstić information content (AvgIpc) is 1.91. The predicted octanol–water partition coefficient (Wildman–Crippen LogP) is -11.1. The second kappa shape index (κ2) is 61.8. The number of carbonyl (C=O) groups is 10. The molecule has 2 rings (SSSR count). The highest BCUT2D eigenvalue weighted by Gasteiger charge is 2.32. The largest absolute Gasteiger partial charge is 1.00 e. The molecular formula is C55H97Cl2N21O14. The van der Waals surface area contributed by atoms with Crippen molar-refractivity contribution in [2.24, 2.45) is 21.7 Å². The molecule has 0 radical (unpaired) electrons. The Labute approximate surface area is 548 Å². The van der Waals surface area contributed by atoms with Crippen LogP contribution in [0.15, 0.2) is 70.9 Å². The van der Waals surface area contributed by atoms with E-state index in [4.69, 9.17) is 41.5 Å². The topological polar surface area (TPSA) is 545 Å². The molecular weight excluding hydrogens is 1250 g/mol. The van der Waals surface area contributed by atoms with Crippen molar-refractivity contribution < 1.29 is 103 Å². The van der Waals surface area contributed by atoms with Crippen LogP contribution in [-0.2, 0) is 80.1 Å². The van der Waals surface area contributed by atoms with E-state index in [0.29, 0.717) is 65.4 Å². The molecule has 0 saturated carbocycles. The van der Waals surface area contributed by atoms with Gasteiger partial charge in [0.05, 0.1) is 65.2 Å². The lowest BCUT2D eigenvalue weighted by atomic mass is 10.1. The lowest BCUT2D eigenvalue weighted by Crippen LogP contribution is -3.00. The Balaban J connectivity index is -0.000000739. The van der Waals surface area contributed by atoms with Crippen LogP contribution in [0, 0.1) is 0 Å². The SMILES string of the molecule is C.CC(=O)N[C@H](CC(=O)NCCNCC[NH3+])C(=O)N[C@@H](CC(=O)NCCNCC[NH3+])C(=O)NCCOCCN=[N+]=[N-].CC(=O)N[C@H](CC(=O)OCc1ccccc1)C(=O)N[C@@H](CC(=O)OCc1ccccc1)C(=O)NCCOCCN=[N+]=[N-].NCCNCCN.[Cl-].[Cl-]. The van der Waals surface area contributed by atoms with Gasteiger partial charge >= 0.3 is 11.9 Å². The number of hydrogen-bond donors (Lipinski definition) is 15. The monoisotopic (exact) mass is 1350 g/mol. The van der Waals surface area contributed by atoms with Crippen LogP contribution in [0.3, 0.4) is 0 Å². The third-order valence-electron chi connectivity index (χ3n) is 11.1. The van der Waals surface area contributed by atoms with Gasteiger partial charge < -0.3 is 125 Å². The number of amides is 8. The lowest BCUT2D eigenvalue weighted by Gasteiger charge is -2.22. The number of quaternary nitrogens is 2. The van der Waals surface area contributed by atoms with Crippen LogP contribution < -0.4 is 106 Å². The molecule has 0 saturated heterocycles. The van der Waals surface area contributed by atoms with Gasteiger partial charge in [-0.3, -0.25) is 47.9 Å². The van der Waals surface area contributed by atoms with Gasteiger partial charge in [-0.15, -0.1) is 0 Å². The van der Waals surface area contributed by atoms with Gasteiger partial charge in [0.25, 0.3) is 0 Å². The molecule has 0 aliphatic heterocycles. The highest BCUT2D eigenvalue weighted by molar-refractivity contribution is 5.97. The molecule has 0 spiro atoms. The number of benzene rings is 2. The van der Waals surface area contributed by atoms with Gasteiger partial charge in [-0.1, -0.05) is 78.3 Å². The fourth-order valence-electron chi connectivity index (χ4n) is 6.97. The average molecular weight is 1350 g/mol. The molecule has 0 unspecified atom stereocenters. The molecule has 35 nitrogen and oxygen atoms in total. The third kappa shape index (κ3) is 51.7. The summed E-state index contributed by atoms with van der Waals surface area (Å²) >= 11 is 0. The zero-order valence-electron chi connectivity index (χ0n) is 51.7. The second-order valence-corrected chi connectivity index (χ2v) is 18.7. The number of halogens is 2. The van der Waals surface area contributed by atoms with Crippen molar-refractivity contribution in [3.63, 3.8) is 0 Å². The molecule has 2 aromatic rings. The molecule has 0 heterocycles. The van der Waals surface area contributed by atoms with Crippen LogP contribution in [0.2, 0.25) is 0 Å². The normalized spacial score (nSPS) is 11.2. The number of nitrogens with two attached hydrogens (primary N) is 2. The first-order chi connectivity index (χ1) is 42.9. The Morgan fingerprint density at radius 3 is 1.16 bits per heavy atom. The quantitative estimate of drug-likeness (QED) is 0.00962. The Hall–Kier alpha value is -8.02. The van der Waals surface area contributed by atoms with Crippen molar-refractivity contribution in [1.82, 2.24) is 58.5 Å². The van der Waals surface area contributed by atoms with Crippen molar-refractivity contribution in [1.29, 1.82) is 0 Å². The zero-order chi connectivity index (χ0) is 66.1. The van der Waals surface area contributed by atoms with Crippen LogP contribution in [0.5, 0.6) is 0 Å². The van der Waals surface area contributed by atoms with E-state index in [1.54, 1.807) is 48.5 Å². The lowest BCUT2D eigenvalue weighted by molar-refractivity contribution is -0.365. The summed E-state index contributed by atoms with van der Waals surface area (Å²) < 4.78 is 20.9. The summed E-state index contributed by atoms with van der Waals surface area (Å²) in [5.74, 6) is -6.64. The molecule has 92 heavy (non-hydrogen) atoms. The first-order valence-electron chi connectivity index (χ1n) is 28.9. The highest BCUT2D eigenvalue weighted by Crippen LogP contribution is 2.07. The number of esters is 2. The van der Waals surface area contributed by atoms with E-state index in [9.17, 15) is 47.9 Å². The molecule has 0 bridgehead atoms. The van der Waals surface area contributed by atoms with Gasteiger partial charge in [0.2, 0.25) is 47.3 Å². The van der Waals surface area contributed by atoms with E-state index < -0.39 is 96.2 Å². The van der Waals surface area contributed by atoms with E-state index in [2.05, 4.69) is 90.0 Å². The van der Waals surface area contributed by atoms with Crippen LogP contribution in [-0.4, -0.2) is 215 Å². The molecule has 0 aliphatic carbocycles. The molecule has 0 aliphatic rings. The second-order valence-electron chi connectivity index (χ2n) is 18.7. The van der Waals surface area contributed by atoms with E-state index in [1.807, 2.05) is 12.1 Å². The maximum absolute atomic E-state index is 13.1. The van der Waals surface area contributed by atoms with Crippen LogP contribution >= 0.6 is 0 Å². The maximum atomic E-state index is 13.1. The first kappa shape index (κ1) is 90.4. The summed E-state index contributed by atoms with van der Waals surface area (Å²) in [5, 5.41) is 36.0. The minimum atomic E-state index is -1.39. The summed E-state index contributed by atoms with van der Waals surface area (Å²) in [5.41, 5.74) is 35.8. The minimum absolute atomic E-state index is 0. The van der Waals surface area contributed by atoms with E-state index in [0.717, 1.165) is 24.2 Å². The molecule has 37 heteroatoms. The van der Waals surface area contributed by atoms with Crippen molar-refractivity contribution in [2.45, 2.75) is 84.3 Å². The summed E-state index contributed by atoms with van der Waals surface area (Å²) in [6.45, 7) is 10.7. The Morgan fingerprint density at radius 2 is 0.815 bits per heavy atom. The van der Waals surface area contributed by atoms with Gasteiger partial charge in [0.15, 0.2) is 0 Å². The van der Waals surface area contributed by atoms with Crippen molar-refractivity contribution in [3.05, 3.63) is 92.7 Å². The Kier molecular flexibility index (Phi) is 60.7. The van der Waals surface area contributed by atoms with Crippen LogP contribution in [0.1, 0.15) is 58.1 Å². The summed E-state index contributed by atoms with van der Waals surface area (Å²) in [7, 11) is 0. The first-order valence-corrected chi connectivity index (χ1v) is 28.9. The Morgan fingerprint density at radius 1 is 0.467 bits per heavy atom. The number of ether oxygens (including phenoxy) is 4. The fourth-order valence-corrected chi connectivity index (χ4v) is 6.97. The maximum Gasteiger partial charge on any atom is 0.308 e. The molecule has 8 amide bonds. The molecule has 4 atom stereocenters. The number of carbonyl (C=O) groups excluding carboxylic acids is 10. The van der Waals surface area contributed by atoms with Gasteiger partial charge in [-0.2, -0.15) is 0 Å². The van der Waals surface area contributed by atoms with Crippen molar-refractivity contribution >= 4 is 59.2 Å². The van der Waals surface area contributed by atoms with E-state index in [1.165, 1.54) is 13.8 Å². The number of nitrogens with one attached hydrogen (secondary N) is 11. The van der Waals surface area contributed by atoms with E-state index >= 15 is 0 Å². The summed E-state index contributed by atoms with van der Waals surface area (Å²) in [4.78, 5) is 130. The van der Waals surface area contributed by atoms with Gasteiger partial charge in [-0.25, -0.2) is 0 Å². The van der Waals surface area contributed by atoms with Crippen LogP contribution in [0.25, 0.3) is 20.9 Å². The Bertz CT molecular complexity index is 2470.